The van der Waals surface area contributed by atoms with E-state index < -0.39 is 0 Å². The van der Waals surface area contributed by atoms with Crippen LogP contribution >= 0.6 is 11.6 Å². The molecule has 0 saturated carbocycles. The second-order valence-corrected chi connectivity index (χ2v) is 5.57. The molecule has 112 valence electrons. The summed E-state index contributed by atoms with van der Waals surface area (Å²) in [6, 6.07) is 1.84. The first-order chi connectivity index (χ1) is 10.3. The zero-order valence-corrected chi connectivity index (χ0v) is 12.5. The van der Waals surface area contributed by atoms with Gasteiger partial charge in [-0.3, -0.25) is 9.55 Å². The summed E-state index contributed by atoms with van der Waals surface area (Å²) in [6.45, 7) is 2.16. The van der Waals surface area contributed by atoms with Gasteiger partial charge in [0.1, 0.15) is 5.82 Å². The monoisotopic (exact) mass is 307 g/mol. The average molecular weight is 308 g/mol. The van der Waals surface area contributed by atoms with Crippen LogP contribution in [0.15, 0.2) is 23.3 Å². The van der Waals surface area contributed by atoms with Crippen molar-refractivity contribution in [2.75, 3.05) is 11.9 Å². The number of nitrogens with one attached hydrogen (secondary N) is 1. The first-order valence-electron chi connectivity index (χ1n) is 7.25. The van der Waals surface area contributed by atoms with E-state index >= 15 is 0 Å². The van der Waals surface area contributed by atoms with Crippen LogP contribution in [0, 0.1) is 0 Å². The zero-order chi connectivity index (χ0) is 14.7. The first kappa shape index (κ1) is 14.1. The van der Waals surface area contributed by atoms with Crippen LogP contribution < -0.4 is 11.0 Å². The van der Waals surface area contributed by atoms with E-state index in [-0.39, 0.29) is 5.69 Å². The van der Waals surface area contributed by atoms with E-state index in [9.17, 15) is 4.79 Å². The largest absolute Gasteiger partial charge is 0.384 e. The second kappa shape index (κ2) is 6.30. The lowest BCUT2D eigenvalue weighted by atomic mass is 10.2. The molecule has 3 heterocycles. The lowest BCUT2D eigenvalue weighted by molar-refractivity contribution is 0.510. The molecule has 0 atom stereocenters. The molecule has 0 radical (unpaired) electrons. The Morgan fingerprint density at radius 3 is 3.10 bits per heavy atom. The third-order valence-electron chi connectivity index (χ3n) is 3.67. The summed E-state index contributed by atoms with van der Waals surface area (Å²) in [7, 11) is 0. The maximum atomic E-state index is 12.1. The van der Waals surface area contributed by atoms with E-state index in [2.05, 4.69) is 15.4 Å². The number of anilines is 1. The van der Waals surface area contributed by atoms with Gasteiger partial charge in [0.05, 0.1) is 10.7 Å². The second-order valence-electron chi connectivity index (χ2n) is 5.17. The van der Waals surface area contributed by atoms with Crippen molar-refractivity contribution >= 4 is 17.3 Å². The van der Waals surface area contributed by atoms with Crippen molar-refractivity contribution in [3.8, 4) is 0 Å². The van der Waals surface area contributed by atoms with Crippen LogP contribution in [-0.2, 0) is 19.5 Å². The molecule has 21 heavy (non-hydrogen) atoms. The highest BCUT2D eigenvalue weighted by atomic mass is 35.5. The number of pyridine rings is 1. The summed E-state index contributed by atoms with van der Waals surface area (Å²) in [5.74, 6) is 0.927. The topological polar surface area (TPSA) is 64.7 Å². The van der Waals surface area contributed by atoms with Gasteiger partial charge in [-0.05, 0) is 25.3 Å². The Bertz CT molecular complexity index is 678. The van der Waals surface area contributed by atoms with Crippen molar-refractivity contribution < 1.29 is 0 Å². The molecular formula is C14H18ClN5O. The Labute approximate surface area is 127 Å². The molecule has 0 fully saturated rings. The number of fused-ring (bicyclic) bond motifs is 1. The van der Waals surface area contributed by atoms with E-state index in [1.807, 2.05) is 6.07 Å². The van der Waals surface area contributed by atoms with Crippen LogP contribution in [0.1, 0.15) is 25.1 Å². The van der Waals surface area contributed by atoms with Crippen LogP contribution in [0.3, 0.4) is 0 Å². The highest BCUT2D eigenvalue weighted by molar-refractivity contribution is 6.33. The van der Waals surface area contributed by atoms with Gasteiger partial charge < -0.3 is 5.32 Å². The molecule has 1 aliphatic heterocycles. The molecule has 0 aliphatic carbocycles. The molecule has 7 heteroatoms. The van der Waals surface area contributed by atoms with Crippen molar-refractivity contribution in [2.45, 2.75) is 38.8 Å². The van der Waals surface area contributed by atoms with Crippen molar-refractivity contribution in [2.24, 2.45) is 0 Å². The minimum absolute atomic E-state index is 0.0200. The molecule has 0 amide bonds. The summed E-state index contributed by atoms with van der Waals surface area (Å²) in [5, 5.41) is 8.26. The number of aromatic nitrogens is 4. The molecule has 0 bridgehead atoms. The van der Waals surface area contributed by atoms with E-state index in [4.69, 9.17) is 11.6 Å². The number of hydrogen-bond donors (Lipinski definition) is 1. The van der Waals surface area contributed by atoms with Crippen LogP contribution in [0.2, 0.25) is 5.02 Å². The fourth-order valence-electron chi connectivity index (χ4n) is 2.56. The molecule has 1 N–H and O–H groups in total. The Balaban J connectivity index is 1.55. The molecule has 2 aromatic heterocycles. The maximum Gasteiger partial charge on any atom is 0.345 e. The van der Waals surface area contributed by atoms with Gasteiger partial charge in [0, 0.05) is 38.4 Å². The Morgan fingerprint density at radius 2 is 2.29 bits per heavy atom. The Hall–Kier alpha value is -1.82. The maximum absolute atomic E-state index is 12.1. The first-order valence-corrected chi connectivity index (χ1v) is 7.63. The van der Waals surface area contributed by atoms with Gasteiger partial charge in [-0.2, -0.15) is 5.10 Å². The number of rotatable bonds is 5. The fourth-order valence-corrected chi connectivity index (χ4v) is 2.75. The molecule has 1 aliphatic rings. The van der Waals surface area contributed by atoms with E-state index in [1.54, 1.807) is 21.6 Å². The molecule has 0 spiro atoms. The zero-order valence-electron chi connectivity index (χ0n) is 11.8. The third kappa shape index (κ3) is 3.10. The average Bonchev–Trinajstić information content (AvgIpc) is 2.82. The van der Waals surface area contributed by atoms with Crippen LogP contribution in [0.4, 0.5) is 5.69 Å². The number of halogens is 1. The van der Waals surface area contributed by atoms with Gasteiger partial charge in [-0.25, -0.2) is 9.48 Å². The smallest absolute Gasteiger partial charge is 0.345 e. The summed E-state index contributed by atoms with van der Waals surface area (Å²) in [4.78, 5) is 16.1. The number of hydrogen-bond acceptors (Lipinski definition) is 4. The van der Waals surface area contributed by atoms with Gasteiger partial charge in [0.25, 0.3) is 0 Å². The SMILES string of the molecule is O=c1n(CCCNc2ccncc2Cl)nc2n1CCCC2. The van der Waals surface area contributed by atoms with Gasteiger partial charge in [0.2, 0.25) is 0 Å². The molecule has 3 rings (SSSR count). The molecule has 0 aromatic carbocycles. The Morgan fingerprint density at radius 1 is 1.38 bits per heavy atom. The molecular weight excluding hydrogens is 290 g/mol. The molecule has 0 saturated heterocycles. The highest BCUT2D eigenvalue weighted by Crippen LogP contribution is 2.18. The van der Waals surface area contributed by atoms with E-state index in [1.165, 1.54) is 0 Å². The molecule has 2 aromatic rings. The fraction of sp³-hybridized carbons (Fsp3) is 0.500. The summed E-state index contributed by atoms with van der Waals surface area (Å²) in [5.41, 5.74) is 0.884. The summed E-state index contributed by atoms with van der Waals surface area (Å²) in [6.07, 6.45) is 7.22. The number of aryl methyl sites for hydroxylation is 2. The Kier molecular flexibility index (Phi) is 4.24. The van der Waals surface area contributed by atoms with Gasteiger partial charge >= 0.3 is 5.69 Å². The predicted octanol–water partition coefficient (Wildman–Crippen LogP) is 1.93. The minimum atomic E-state index is 0.0200. The predicted molar refractivity (Wildman–Crippen MR) is 81.8 cm³/mol. The van der Waals surface area contributed by atoms with Crippen LogP contribution in [0.25, 0.3) is 0 Å². The number of nitrogens with zero attached hydrogens (tertiary/aromatic N) is 4. The van der Waals surface area contributed by atoms with E-state index in [0.717, 1.165) is 50.3 Å². The lowest BCUT2D eigenvalue weighted by Gasteiger charge is -2.09. The molecule has 0 unspecified atom stereocenters. The van der Waals surface area contributed by atoms with Gasteiger partial charge in [-0.1, -0.05) is 11.6 Å². The summed E-state index contributed by atoms with van der Waals surface area (Å²) < 4.78 is 3.38. The van der Waals surface area contributed by atoms with Crippen LogP contribution in [0.5, 0.6) is 0 Å². The van der Waals surface area contributed by atoms with E-state index in [0.29, 0.717) is 11.6 Å². The normalized spacial score (nSPS) is 14.0. The lowest BCUT2D eigenvalue weighted by Crippen LogP contribution is -2.27. The van der Waals surface area contributed by atoms with Crippen molar-refractivity contribution in [3.05, 3.63) is 39.8 Å². The van der Waals surface area contributed by atoms with Crippen molar-refractivity contribution in [1.82, 2.24) is 19.3 Å². The third-order valence-corrected chi connectivity index (χ3v) is 3.97. The van der Waals surface area contributed by atoms with Crippen molar-refractivity contribution in [3.63, 3.8) is 0 Å². The van der Waals surface area contributed by atoms with Crippen molar-refractivity contribution in [1.29, 1.82) is 0 Å². The summed E-state index contributed by atoms with van der Waals surface area (Å²) >= 11 is 6.02. The minimum Gasteiger partial charge on any atom is -0.384 e. The standard InChI is InChI=1S/C14H18ClN5O/c15-11-10-16-7-5-12(11)17-6-3-9-20-14(21)19-8-2-1-4-13(19)18-20/h5,7,10H,1-4,6,8-9H2,(H,16,17). The highest BCUT2D eigenvalue weighted by Gasteiger charge is 2.16. The molecule has 6 nitrogen and oxygen atoms in total. The van der Waals surface area contributed by atoms with Crippen LogP contribution in [-0.4, -0.2) is 25.9 Å². The van der Waals surface area contributed by atoms with Gasteiger partial charge in [-0.15, -0.1) is 0 Å². The van der Waals surface area contributed by atoms with Gasteiger partial charge in [0.15, 0.2) is 0 Å². The quantitative estimate of drug-likeness (QED) is 0.857.